The second-order valence-corrected chi connectivity index (χ2v) is 8.40. The molecule has 0 saturated heterocycles. The molecule has 17 heavy (non-hydrogen) atoms. The Morgan fingerprint density at radius 3 is 2.06 bits per heavy atom. The van der Waals surface area contributed by atoms with Crippen molar-refractivity contribution in [2.75, 3.05) is 46.9 Å². The van der Waals surface area contributed by atoms with Gasteiger partial charge in [0.2, 0.25) is 0 Å². The first-order valence-corrected chi connectivity index (χ1v) is 10.7. The highest BCUT2D eigenvalue weighted by Gasteiger charge is 2.12. The Balaban J connectivity index is 3.69. The SMILES string of the molecule is OCCSC(CS)CSC(CS)CSCCS. The summed E-state index contributed by atoms with van der Waals surface area (Å²) in [6, 6.07) is 0. The van der Waals surface area contributed by atoms with Crippen molar-refractivity contribution in [1.82, 2.24) is 0 Å². The van der Waals surface area contributed by atoms with E-state index in [2.05, 4.69) is 37.9 Å². The van der Waals surface area contributed by atoms with Gasteiger partial charge in [0.25, 0.3) is 0 Å². The molecule has 0 fully saturated rings. The molecule has 0 aromatic carbocycles. The monoisotopic (exact) mass is 350 g/mol. The van der Waals surface area contributed by atoms with Gasteiger partial charge in [0, 0.05) is 45.0 Å². The minimum atomic E-state index is 0.257. The lowest BCUT2D eigenvalue weighted by atomic mass is 10.5. The van der Waals surface area contributed by atoms with Crippen LogP contribution in [0.2, 0.25) is 0 Å². The zero-order chi connectivity index (χ0) is 12.9. The largest absolute Gasteiger partial charge is 0.396 e. The summed E-state index contributed by atoms with van der Waals surface area (Å²) >= 11 is 18.7. The second-order valence-electron chi connectivity index (χ2n) is 3.34. The van der Waals surface area contributed by atoms with E-state index in [0.29, 0.717) is 10.5 Å². The third-order valence-corrected chi connectivity index (χ3v) is 7.99. The van der Waals surface area contributed by atoms with Gasteiger partial charge in [-0.05, 0) is 5.75 Å². The van der Waals surface area contributed by atoms with Gasteiger partial charge < -0.3 is 5.11 Å². The number of aliphatic hydroxyl groups excluding tert-OH is 1. The molecule has 0 aliphatic carbocycles. The standard InChI is InChI=1S/C10H22OS6/c11-1-3-16-10(6-14)8-17-9(5-13)7-15-4-2-12/h9-14H,1-8H2. The fraction of sp³-hybridized carbons (Fsp3) is 1.00. The Kier molecular flexibility index (Phi) is 16.2. The van der Waals surface area contributed by atoms with Crippen molar-refractivity contribution in [3.63, 3.8) is 0 Å². The molecular weight excluding hydrogens is 329 g/mol. The zero-order valence-corrected chi connectivity index (χ0v) is 15.0. The number of thioether (sulfide) groups is 3. The predicted octanol–water partition coefficient (Wildman–Crippen LogP) is 2.70. The maximum atomic E-state index is 8.80. The van der Waals surface area contributed by atoms with Gasteiger partial charge >= 0.3 is 0 Å². The van der Waals surface area contributed by atoms with Crippen molar-refractivity contribution in [3.05, 3.63) is 0 Å². The normalized spacial score (nSPS) is 14.8. The second kappa shape index (κ2) is 14.5. The van der Waals surface area contributed by atoms with Crippen LogP contribution in [0.5, 0.6) is 0 Å². The maximum Gasteiger partial charge on any atom is 0.0521 e. The van der Waals surface area contributed by atoms with E-state index >= 15 is 0 Å². The summed E-state index contributed by atoms with van der Waals surface area (Å²) in [5.41, 5.74) is 0. The molecule has 1 nitrogen and oxygen atoms in total. The quantitative estimate of drug-likeness (QED) is 0.320. The molecule has 0 bridgehead atoms. The summed E-state index contributed by atoms with van der Waals surface area (Å²) in [7, 11) is 0. The van der Waals surface area contributed by atoms with Crippen LogP contribution in [0.25, 0.3) is 0 Å². The summed E-state index contributed by atoms with van der Waals surface area (Å²) in [6.07, 6.45) is 0. The van der Waals surface area contributed by atoms with Gasteiger partial charge in [0.05, 0.1) is 6.61 Å². The molecule has 0 aromatic heterocycles. The minimum absolute atomic E-state index is 0.257. The van der Waals surface area contributed by atoms with Crippen molar-refractivity contribution in [1.29, 1.82) is 0 Å². The van der Waals surface area contributed by atoms with E-state index in [1.807, 2.05) is 35.3 Å². The van der Waals surface area contributed by atoms with Crippen LogP contribution in [-0.2, 0) is 0 Å². The van der Waals surface area contributed by atoms with Crippen molar-refractivity contribution in [2.24, 2.45) is 0 Å². The Hall–Kier alpha value is 2.06. The number of thiol groups is 3. The molecule has 7 heteroatoms. The van der Waals surface area contributed by atoms with Gasteiger partial charge in [0.15, 0.2) is 0 Å². The van der Waals surface area contributed by atoms with Crippen LogP contribution in [-0.4, -0.2) is 62.5 Å². The molecule has 0 saturated carbocycles. The maximum absolute atomic E-state index is 8.80. The van der Waals surface area contributed by atoms with E-state index in [1.165, 1.54) is 0 Å². The van der Waals surface area contributed by atoms with Crippen LogP contribution < -0.4 is 0 Å². The van der Waals surface area contributed by atoms with E-state index in [4.69, 9.17) is 5.11 Å². The molecule has 0 aromatic rings. The smallest absolute Gasteiger partial charge is 0.0521 e. The molecule has 104 valence electrons. The van der Waals surface area contributed by atoms with Gasteiger partial charge in [-0.15, -0.1) is 0 Å². The van der Waals surface area contributed by atoms with Gasteiger partial charge in [-0.25, -0.2) is 0 Å². The highest BCUT2D eigenvalue weighted by Crippen LogP contribution is 2.23. The Bertz CT molecular complexity index is 160. The number of hydrogen-bond acceptors (Lipinski definition) is 7. The summed E-state index contributed by atoms with van der Waals surface area (Å²) < 4.78 is 0. The lowest BCUT2D eigenvalue weighted by Crippen LogP contribution is -2.16. The fourth-order valence-corrected chi connectivity index (χ4v) is 5.90. The molecule has 1 N–H and O–H groups in total. The van der Waals surface area contributed by atoms with E-state index in [-0.39, 0.29) is 6.61 Å². The molecule has 0 aliphatic rings. The molecule has 0 spiro atoms. The van der Waals surface area contributed by atoms with Crippen molar-refractivity contribution in [2.45, 2.75) is 10.5 Å². The molecular formula is C10H22OS6. The van der Waals surface area contributed by atoms with Crippen LogP contribution in [0.4, 0.5) is 0 Å². The van der Waals surface area contributed by atoms with E-state index in [1.54, 1.807) is 0 Å². The topological polar surface area (TPSA) is 20.2 Å². The third kappa shape index (κ3) is 11.6. The highest BCUT2D eigenvalue weighted by molar-refractivity contribution is 8.05. The van der Waals surface area contributed by atoms with Gasteiger partial charge in [-0.3, -0.25) is 0 Å². The van der Waals surface area contributed by atoms with Gasteiger partial charge in [0.1, 0.15) is 0 Å². The third-order valence-electron chi connectivity index (χ3n) is 1.91. The van der Waals surface area contributed by atoms with E-state index < -0.39 is 0 Å². The number of hydrogen-bond donors (Lipinski definition) is 4. The first kappa shape index (κ1) is 19.1. The van der Waals surface area contributed by atoms with Crippen molar-refractivity contribution < 1.29 is 5.11 Å². The Labute approximate surface area is 135 Å². The number of rotatable bonds is 12. The Morgan fingerprint density at radius 1 is 0.882 bits per heavy atom. The van der Waals surface area contributed by atoms with E-state index in [9.17, 15) is 0 Å². The van der Waals surface area contributed by atoms with Crippen LogP contribution in [0.15, 0.2) is 0 Å². The lowest BCUT2D eigenvalue weighted by molar-refractivity contribution is 0.322. The molecule has 2 unspecified atom stereocenters. The van der Waals surface area contributed by atoms with Crippen LogP contribution in [0.1, 0.15) is 0 Å². The molecule has 0 rings (SSSR count). The summed E-state index contributed by atoms with van der Waals surface area (Å²) in [6.45, 7) is 0.257. The average Bonchev–Trinajstić information content (AvgIpc) is 2.36. The minimum Gasteiger partial charge on any atom is -0.396 e. The highest BCUT2D eigenvalue weighted by atomic mass is 32.2. The molecule has 0 heterocycles. The summed E-state index contributed by atoms with van der Waals surface area (Å²) in [5, 5.41) is 9.95. The zero-order valence-electron chi connectivity index (χ0n) is 9.83. The molecule has 2 atom stereocenters. The fourth-order valence-electron chi connectivity index (χ4n) is 1.05. The first-order chi connectivity index (χ1) is 8.28. The van der Waals surface area contributed by atoms with Crippen LogP contribution in [0, 0.1) is 0 Å². The van der Waals surface area contributed by atoms with Crippen LogP contribution >= 0.6 is 73.2 Å². The predicted molar refractivity (Wildman–Crippen MR) is 98.5 cm³/mol. The lowest BCUT2D eigenvalue weighted by Gasteiger charge is -2.18. The average molecular weight is 351 g/mol. The van der Waals surface area contributed by atoms with Gasteiger partial charge in [-0.2, -0.15) is 73.2 Å². The van der Waals surface area contributed by atoms with Gasteiger partial charge in [-0.1, -0.05) is 0 Å². The van der Waals surface area contributed by atoms with Crippen molar-refractivity contribution >= 4 is 73.2 Å². The van der Waals surface area contributed by atoms with E-state index in [0.717, 1.165) is 40.3 Å². The summed E-state index contributed by atoms with van der Waals surface area (Å²) in [5.74, 6) is 6.92. The summed E-state index contributed by atoms with van der Waals surface area (Å²) in [4.78, 5) is 0. The molecule has 0 amide bonds. The number of aliphatic hydroxyl groups is 1. The van der Waals surface area contributed by atoms with Crippen molar-refractivity contribution in [3.8, 4) is 0 Å². The molecule has 0 aliphatic heterocycles. The molecule has 0 radical (unpaired) electrons. The first-order valence-electron chi connectivity index (χ1n) is 5.52. The van der Waals surface area contributed by atoms with Crippen LogP contribution in [0.3, 0.4) is 0 Å². The Morgan fingerprint density at radius 2 is 1.53 bits per heavy atom.